The molecular formula is C19H19N3O4S2. The van der Waals surface area contributed by atoms with E-state index in [-0.39, 0.29) is 34.8 Å². The van der Waals surface area contributed by atoms with Crippen LogP contribution in [0.25, 0.3) is 0 Å². The van der Waals surface area contributed by atoms with Gasteiger partial charge in [-0.2, -0.15) is 8.42 Å². The maximum atomic E-state index is 12.6. The van der Waals surface area contributed by atoms with Gasteiger partial charge in [0.15, 0.2) is 5.17 Å². The highest BCUT2D eigenvalue weighted by Crippen LogP contribution is 2.31. The summed E-state index contributed by atoms with van der Waals surface area (Å²) in [6, 6.07) is 16.7. The quantitative estimate of drug-likeness (QED) is 0.780. The maximum Gasteiger partial charge on any atom is 0.284 e. The first-order chi connectivity index (χ1) is 13.4. The Balaban J connectivity index is 1.76. The number of amidine groups is 1. The number of carbonyl (C=O) groups excluding carboxylic acids is 2. The summed E-state index contributed by atoms with van der Waals surface area (Å²) >= 11 is 0.998. The largest absolute Gasteiger partial charge is 0.326 e. The average Bonchev–Trinajstić information content (AvgIpc) is 2.96. The number of sulfonamides is 1. The Kier molecular flexibility index (Phi) is 6.15. The lowest BCUT2D eigenvalue weighted by Crippen LogP contribution is -2.33. The number of nitrogens with zero attached hydrogens (tertiary/aromatic N) is 2. The van der Waals surface area contributed by atoms with Crippen LogP contribution in [0.4, 0.5) is 5.69 Å². The zero-order chi connectivity index (χ0) is 20.1. The molecule has 0 spiro atoms. The molecule has 7 nitrogen and oxygen atoms in total. The van der Waals surface area contributed by atoms with Crippen LogP contribution in [-0.2, 0) is 19.6 Å². The van der Waals surface area contributed by atoms with E-state index < -0.39 is 15.3 Å². The van der Waals surface area contributed by atoms with E-state index in [1.807, 2.05) is 6.07 Å². The van der Waals surface area contributed by atoms with Gasteiger partial charge in [-0.15, -0.1) is 4.40 Å². The van der Waals surface area contributed by atoms with Crippen LogP contribution in [-0.4, -0.2) is 42.1 Å². The molecule has 1 fully saturated rings. The van der Waals surface area contributed by atoms with Crippen molar-refractivity contribution in [1.82, 2.24) is 4.90 Å². The van der Waals surface area contributed by atoms with Crippen LogP contribution in [0.15, 0.2) is 70.0 Å². The highest BCUT2D eigenvalue weighted by Gasteiger charge is 2.39. The van der Waals surface area contributed by atoms with Gasteiger partial charge in [-0.3, -0.25) is 14.5 Å². The summed E-state index contributed by atoms with van der Waals surface area (Å²) in [7, 11) is -3.94. The van der Waals surface area contributed by atoms with E-state index in [4.69, 9.17) is 0 Å². The minimum absolute atomic E-state index is 0.0527. The summed E-state index contributed by atoms with van der Waals surface area (Å²) in [5, 5.41) is 2.11. The van der Waals surface area contributed by atoms with Crippen molar-refractivity contribution in [2.45, 2.75) is 23.5 Å². The number of benzene rings is 2. The zero-order valence-corrected chi connectivity index (χ0v) is 16.7. The van der Waals surface area contributed by atoms with E-state index in [0.29, 0.717) is 5.69 Å². The second kappa shape index (κ2) is 8.57. The van der Waals surface area contributed by atoms with E-state index in [2.05, 4.69) is 9.71 Å². The van der Waals surface area contributed by atoms with Crippen LogP contribution in [0.3, 0.4) is 0 Å². The van der Waals surface area contributed by atoms with Gasteiger partial charge >= 0.3 is 0 Å². The van der Waals surface area contributed by atoms with Crippen molar-refractivity contribution >= 4 is 44.5 Å². The molecule has 1 aliphatic heterocycles. The third-order valence-electron chi connectivity index (χ3n) is 4.00. The number of amides is 2. The van der Waals surface area contributed by atoms with E-state index in [1.165, 1.54) is 17.0 Å². The fourth-order valence-electron chi connectivity index (χ4n) is 2.65. The van der Waals surface area contributed by atoms with E-state index in [1.54, 1.807) is 49.4 Å². The monoisotopic (exact) mass is 417 g/mol. The molecule has 2 aromatic rings. The van der Waals surface area contributed by atoms with Gasteiger partial charge in [-0.05, 0) is 31.2 Å². The lowest BCUT2D eigenvalue weighted by atomic mass is 10.2. The van der Waals surface area contributed by atoms with E-state index >= 15 is 0 Å². The molecule has 28 heavy (non-hydrogen) atoms. The molecular weight excluding hydrogens is 398 g/mol. The summed E-state index contributed by atoms with van der Waals surface area (Å²) in [4.78, 5) is 26.2. The molecule has 1 heterocycles. The van der Waals surface area contributed by atoms with Gasteiger partial charge in [-0.1, -0.05) is 48.2 Å². The Bertz CT molecular complexity index is 992. The SMILES string of the molecule is CCN1C(=O)[C@@H](CC(=O)Nc2ccccc2)SC1=NS(=O)(=O)c1ccccc1. The predicted molar refractivity (Wildman–Crippen MR) is 110 cm³/mol. The molecule has 146 valence electrons. The zero-order valence-electron chi connectivity index (χ0n) is 15.1. The smallest absolute Gasteiger partial charge is 0.284 e. The topological polar surface area (TPSA) is 95.9 Å². The summed E-state index contributed by atoms with van der Waals surface area (Å²) in [5.74, 6) is -0.641. The van der Waals surface area contributed by atoms with Crippen LogP contribution in [0.1, 0.15) is 13.3 Å². The summed E-state index contributed by atoms with van der Waals surface area (Å²) in [6.45, 7) is 2.00. The van der Waals surface area contributed by atoms with Crippen LogP contribution in [0.5, 0.6) is 0 Å². The summed E-state index contributed by atoms with van der Waals surface area (Å²) in [6.07, 6.45) is -0.0701. The Morgan fingerprint density at radius 2 is 1.71 bits per heavy atom. The van der Waals surface area contributed by atoms with Crippen molar-refractivity contribution in [3.63, 3.8) is 0 Å². The lowest BCUT2D eigenvalue weighted by Gasteiger charge is -2.13. The molecule has 1 saturated heterocycles. The third kappa shape index (κ3) is 4.60. The van der Waals surface area contributed by atoms with Gasteiger partial charge < -0.3 is 5.32 Å². The lowest BCUT2D eigenvalue weighted by molar-refractivity contribution is -0.128. The number of hydrogen-bond acceptors (Lipinski definition) is 5. The van der Waals surface area contributed by atoms with E-state index in [0.717, 1.165) is 11.8 Å². The molecule has 2 amide bonds. The molecule has 0 bridgehead atoms. The molecule has 0 unspecified atom stereocenters. The fourth-order valence-corrected chi connectivity index (χ4v) is 5.09. The molecule has 1 N–H and O–H groups in total. The molecule has 2 aromatic carbocycles. The first kappa shape index (κ1) is 20.1. The second-order valence-corrected chi connectivity index (χ2v) is 8.74. The van der Waals surface area contributed by atoms with Gasteiger partial charge in [0, 0.05) is 18.7 Å². The average molecular weight is 418 g/mol. The summed E-state index contributed by atoms with van der Waals surface area (Å²) < 4.78 is 28.9. The number of nitrogens with one attached hydrogen (secondary N) is 1. The minimum Gasteiger partial charge on any atom is -0.326 e. The van der Waals surface area contributed by atoms with Gasteiger partial charge in [-0.25, -0.2) is 0 Å². The van der Waals surface area contributed by atoms with Gasteiger partial charge in [0.2, 0.25) is 11.8 Å². The van der Waals surface area contributed by atoms with Crippen molar-refractivity contribution < 1.29 is 18.0 Å². The number of carbonyl (C=O) groups is 2. The Labute approximate surface area is 167 Å². The Morgan fingerprint density at radius 3 is 2.32 bits per heavy atom. The normalized spacial score (nSPS) is 18.5. The standard InChI is InChI=1S/C19H19N3O4S2/c1-2-22-18(24)16(13-17(23)20-14-9-5-3-6-10-14)27-19(22)21-28(25,26)15-11-7-4-8-12-15/h3-12,16H,2,13H2,1H3,(H,20,23)/t16-/m1/s1. The van der Waals surface area contributed by atoms with Crippen molar-refractivity contribution in [1.29, 1.82) is 0 Å². The van der Waals surface area contributed by atoms with E-state index in [9.17, 15) is 18.0 Å². The Morgan fingerprint density at radius 1 is 1.11 bits per heavy atom. The van der Waals surface area contributed by atoms with Gasteiger partial charge in [0.05, 0.1) is 4.90 Å². The first-order valence-electron chi connectivity index (χ1n) is 8.63. The molecule has 0 radical (unpaired) electrons. The molecule has 0 aromatic heterocycles. The van der Waals surface area contributed by atoms with Crippen LogP contribution >= 0.6 is 11.8 Å². The Hall–Kier alpha value is -2.65. The van der Waals surface area contributed by atoms with Crippen LogP contribution in [0.2, 0.25) is 0 Å². The highest BCUT2D eigenvalue weighted by atomic mass is 32.2. The molecule has 1 atom stereocenters. The van der Waals surface area contributed by atoms with Crippen molar-refractivity contribution in [2.75, 3.05) is 11.9 Å². The minimum atomic E-state index is -3.94. The van der Waals surface area contributed by atoms with Crippen LogP contribution < -0.4 is 5.32 Å². The van der Waals surface area contributed by atoms with Gasteiger partial charge in [0.25, 0.3) is 10.0 Å². The van der Waals surface area contributed by atoms with Crippen molar-refractivity contribution in [3.05, 3.63) is 60.7 Å². The highest BCUT2D eigenvalue weighted by molar-refractivity contribution is 8.16. The predicted octanol–water partition coefficient (Wildman–Crippen LogP) is 2.72. The third-order valence-corrected chi connectivity index (χ3v) is 6.58. The number of rotatable bonds is 6. The summed E-state index contributed by atoms with van der Waals surface area (Å²) in [5.41, 5.74) is 0.635. The van der Waals surface area contributed by atoms with Crippen molar-refractivity contribution in [3.8, 4) is 0 Å². The van der Waals surface area contributed by atoms with Crippen LogP contribution in [0, 0.1) is 0 Å². The molecule has 1 aliphatic rings. The molecule has 3 rings (SSSR count). The number of anilines is 1. The van der Waals surface area contributed by atoms with Crippen molar-refractivity contribution in [2.24, 2.45) is 4.40 Å². The molecule has 9 heteroatoms. The molecule has 0 saturated carbocycles. The number of thioether (sulfide) groups is 1. The number of hydrogen-bond donors (Lipinski definition) is 1. The van der Waals surface area contributed by atoms with Gasteiger partial charge in [0.1, 0.15) is 5.25 Å². The number of para-hydroxylation sites is 1. The maximum absolute atomic E-state index is 12.6. The molecule has 0 aliphatic carbocycles. The second-order valence-electron chi connectivity index (χ2n) is 5.97. The fraction of sp³-hybridized carbons (Fsp3) is 0.211. The first-order valence-corrected chi connectivity index (χ1v) is 11.0.